The van der Waals surface area contributed by atoms with Gasteiger partial charge in [-0.15, -0.1) is 5.10 Å². The quantitative estimate of drug-likeness (QED) is 0.911. The first kappa shape index (κ1) is 16.6. The van der Waals surface area contributed by atoms with Gasteiger partial charge < -0.3 is 15.0 Å². The molecule has 0 bridgehead atoms. The number of likely N-dealkylation sites (N-methyl/N-ethyl adjacent to an activating group) is 1. The largest absolute Gasteiger partial charge is 0.363 e. The van der Waals surface area contributed by atoms with Gasteiger partial charge in [0.05, 0.1) is 24.0 Å². The standard InChI is InChI=1S/C17H23N5O2/c1-12-9-21(3)11-16(24-12)17(23)18-13(2)15-10-22(20-19-15)14-7-5-4-6-8-14/h4-8,10,12-13,16H,9,11H2,1-3H3,(H,18,23). The van der Waals surface area contributed by atoms with E-state index in [4.69, 9.17) is 4.74 Å². The highest BCUT2D eigenvalue weighted by molar-refractivity contribution is 5.81. The second-order valence-corrected chi connectivity index (χ2v) is 6.31. The van der Waals surface area contributed by atoms with Gasteiger partial charge in [0.2, 0.25) is 0 Å². The number of hydrogen-bond acceptors (Lipinski definition) is 5. The zero-order chi connectivity index (χ0) is 17.1. The molecule has 3 unspecified atom stereocenters. The van der Waals surface area contributed by atoms with Crippen molar-refractivity contribution in [1.82, 2.24) is 25.2 Å². The van der Waals surface area contributed by atoms with Crippen LogP contribution >= 0.6 is 0 Å². The molecule has 0 spiro atoms. The monoisotopic (exact) mass is 329 g/mol. The van der Waals surface area contributed by atoms with Crippen molar-refractivity contribution in [2.75, 3.05) is 20.1 Å². The van der Waals surface area contributed by atoms with Gasteiger partial charge in [0.25, 0.3) is 5.91 Å². The summed E-state index contributed by atoms with van der Waals surface area (Å²) in [5.74, 6) is -0.116. The highest BCUT2D eigenvalue weighted by Crippen LogP contribution is 2.14. The molecule has 1 aliphatic heterocycles. The molecular formula is C17H23N5O2. The van der Waals surface area contributed by atoms with Crippen molar-refractivity contribution in [2.24, 2.45) is 0 Å². The summed E-state index contributed by atoms with van der Waals surface area (Å²) >= 11 is 0. The molecule has 0 radical (unpaired) electrons. The first-order chi connectivity index (χ1) is 11.5. The fraction of sp³-hybridized carbons (Fsp3) is 0.471. The summed E-state index contributed by atoms with van der Waals surface area (Å²) in [5, 5.41) is 11.3. The summed E-state index contributed by atoms with van der Waals surface area (Å²) in [6, 6.07) is 9.51. The van der Waals surface area contributed by atoms with Gasteiger partial charge in [-0.1, -0.05) is 23.4 Å². The molecule has 1 fully saturated rings. The molecular weight excluding hydrogens is 306 g/mol. The minimum Gasteiger partial charge on any atom is -0.363 e. The third-order valence-corrected chi connectivity index (χ3v) is 4.07. The molecule has 3 atom stereocenters. The Morgan fingerprint density at radius 1 is 1.33 bits per heavy atom. The molecule has 1 aromatic heterocycles. The Morgan fingerprint density at radius 2 is 2.08 bits per heavy atom. The fourth-order valence-electron chi connectivity index (χ4n) is 2.87. The maximum atomic E-state index is 12.4. The van der Waals surface area contributed by atoms with Crippen LogP contribution in [0.4, 0.5) is 0 Å². The lowest BCUT2D eigenvalue weighted by molar-refractivity contribution is -0.145. The Labute approximate surface area is 141 Å². The predicted molar refractivity (Wildman–Crippen MR) is 89.7 cm³/mol. The minimum absolute atomic E-state index is 0.0498. The number of hydrogen-bond donors (Lipinski definition) is 1. The number of carbonyl (C=O) groups is 1. The van der Waals surface area contributed by atoms with E-state index in [0.717, 1.165) is 12.2 Å². The number of aromatic nitrogens is 3. The third kappa shape index (κ3) is 3.80. The molecule has 1 saturated heterocycles. The molecule has 3 rings (SSSR count). The molecule has 128 valence electrons. The summed E-state index contributed by atoms with van der Waals surface area (Å²) in [4.78, 5) is 14.5. The van der Waals surface area contributed by atoms with Crippen LogP contribution in [0.25, 0.3) is 5.69 Å². The first-order valence-corrected chi connectivity index (χ1v) is 8.15. The van der Waals surface area contributed by atoms with E-state index in [1.807, 2.05) is 57.4 Å². The highest BCUT2D eigenvalue weighted by atomic mass is 16.5. The molecule has 24 heavy (non-hydrogen) atoms. The Balaban J connectivity index is 1.64. The van der Waals surface area contributed by atoms with E-state index in [2.05, 4.69) is 20.5 Å². The van der Waals surface area contributed by atoms with Crippen LogP contribution in [0, 0.1) is 0 Å². The maximum Gasteiger partial charge on any atom is 0.251 e. The van der Waals surface area contributed by atoms with Crippen LogP contribution in [0.15, 0.2) is 36.5 Å². The van der Waals surface area contributed by atoms with E-state index < -0.39 is 6.10 Å². The normalized spacial score (nSPS) is 23.0. The van der Waals surface area contributed by atoms with Crippen LogP contribution in [-0.2, 0) is 9.53 Å². The van der Waals surface area contributed by atoms with Crippen molar-refractivity contribution in [3.63, 3.8) is 0 Å². The van der Waals surface area contributed by atoms with Crippen LogP contribution in [0.2, 0.25) is 0 Å². The molecule has 1 aliphatic rings. The zero-order valence-corrected chi connectivity index (χ0v) is 14.2. The number of morpholine rings is 1. The Morgan fingerprint density at radius 3 is 2.79 bits per heavy atom. The predicted octanol–water partition coefficient (Wildman–Crippen LogP) is 1.16. The van der Waals surface area contributed by atoms with Gasteiger partial charge in [-0.3, -0.25) is 4.79 Å². The van der Waals surface area contributed by atoms with Gasteiger partial charge in [-0.25, -0.2) is 4.68 Å². The molecule has 7 heteroatoms. The summed E-state index contributed by atoms with van der Waals surface area (Å²) in [6.07, 6.45) is 1.43. The molecule has 1 aromatic carbocycles. The lowest BCUT2D eigenvalue weighted by Gasteiger charge is -2.34. The van der Waals surface area contributed by atoms with Gasteiger partial charge in [0.15, 0.2) is 0 Å². The number of carbonyl (C=O) groups excluding carboxylic acids is 1. The van der Waals surface area contributed by atoms with Crippen molar-refractivity contribution in [2.45, 2.75) is 32.1 Å². The fourth-order valence-corrected chi connectivity index (χ4v) is 2.87. The van der Waals surface area contributed by atoms with Crippen molar-refractivity contribution < 1.29 is 9.53 Å². The van der Waals surface area contributed by atoms with E-state index in [-0.39, 0.29) is 18.1 Å². The Kier molecular flexibility index (Phi) is 4.92. The molecule has 1 N–H and O–H groups in total. The lowest BCUT2D eigenvalue weighted by atomic mass is 10.2. The molecule has 7 nitrogen and oxygen atoms in total. The number of benzene rings is 1. The number of ether oxygens (including phenoxy) is 1. The summed E-state index contributed by atoms with van der Waals surface area (Å²) in [6.45, 7) is 5.31. The molecule has 0 saturated carbocycles. The van der Waals surface area contributed by atoms with Crippen molar-refractivity contribution in [3.05, 3.63) is 42.2 Å². The second-order valence-electron chi connectivity index (χ2n) is 6.31. The summed E-state index contributed by atoms with van der Waals surface area (Å²) in [5.41, 5.74) is 1.64. The van der Waals surface area contributed by atoms with E-state index in [0.29, 0.717) is 12.2 Å². The smallest absolute Gasteiger partial charge is 0.251 e. The Hall–Kier alpha value is -2.25. The van der Waals surface area contributed by atoms with Crippen LogP contribution in [0.5, 0.6) is 0 Å². The average Bonchev–Trinajstić information content (AvgIpc) is 3.05. The average molecular weight is 329 g/mol. The van der Waals surface area contributed by atoms with Gasteiger partial charge in [-0.2, -0.15) is 0 Å². The summed E-state index contributed by atoms with van der Waals surface area (Å²) in [7, 11) is 1.99. The van der Waals surface area contributed by atoms with Gasteiger partial charge in [-0.05, 0) is 33.0 Å². The van der Waals surface area contributed by atoms with E-state index in [1.165, 1.54) is 0 Å². The van der Waals surface area contributed by atoms with E-state index in [9.17, 15) is 4.79 Å². The van der Waals surface area contributed by atoms with E-state index >= 15 is 0 Å². The minimum atomic E-state index is -0.453. The molecule has 2 heterocycles. The first-order valence-electron chi connectivity index (χ1n) is 8.15. The third-order valence-electron chi connectivity index (χ3n) is 4.07. The van der Waals surface area contributed by atoms with E-state index in [1.54, 1.807) is 4.68 Å². The summed E-state index contributed by atoms with van der Waals surface area (Å²) < 4.78 is 7.43. The van der Waals surface area contributed by atoms with Gasteiger partial charge in [0, 0.05) is 13.1 Å². The molecule has 1 amide bonds. The van der Waals surface area contributed by atoms with Crippen molar-refractivity contribution in [3.8, 4) is 5.69 Å². The van der Waals surface area contributed by atoms with Crippen LogP contribution < -0.4 is 5.32 Å². The van der Waals surface area contributed by atoms with Gasteiger partial charge in [0.1, 0.15) is 11.8 Å². The number of amides is 1. The maximum absolute atomic E-state index is 12.4. The highest BCUT2D eigenvalue weighted by Gasteiger charge is 2.29. The second kappa shape index (κ2) is 7.11. The number of nitrogens with zero attached hydrogens (tertiary/aromatic N) is 4. The van der Waals surface area contributed by atoms with Crippen LogP contribution in [0.3, 0.4) is 0 Å². The van der Waals surface area contributed by atoms with Crippen LogP contribution in [-0.4, -0.2) is 58.1 Å². The molecule has 0 aliphatic carbocycles. The van der Waals surface area contributed by atoms with Gasteiger partial charge >= 0.3 is 0 Å². The van der Waals surface area contributed by atoms with Crippen molar-refractivity contribution >= 4 is 5.91 Å². The lowest BCUT2D eigenvalue weighted by Crippen LogP contribution is -2.51. The molecule has 2 aromatic rings. The SMILES string of the molecule is CC1CN(C)CC(C(=O)NC(C)c2cn(-c3ccccc3)nn2)O1. The van der Waals surface area contributed by atoms with Crippen molar-refractivity contribution in [1.29, 1.82) is 0 Å². The Bertz CT molecular complexity index is 677. The topological polar surface area (TPSA) is 72.3 Å². The number of rotatable bonds is 4. The number of para-hydroxylation sites is 1. The van der Waals surface area contributed by atoms with Crippen LogP contribution in [0.1, 0.15) is 25.6 Å². The number of nitrogens with one attached hydrogen (secondary N) is 1. The zero-order valence-electron chi connectivity index (χ0n) is 14.2.